The number of aliphatic hydroxyl groups is 1. The van der Waals surface area contributed by atoms with Crippen LogP contribution < -0.4 is 0 Å². The molecule has 0 aromatic heterocycles. The van der Waals surface area contributed by atoms with Crippen molar-refractivity contribution in [3.8, 4) is 0 Å². The Morgan fingerprint density at radius 2 is 2.21 bits per heavy atom. The number of methoxy groups -OCH3 is 1. The molecule has 4 nitrogen and oxygen atoms in total. The van der Waals surface area contributed by atoms with Crippen LogP contribution in [0.4, 0.5) is 0 Å². The Morgan fingerprint density at radius 3 is 2.86 bits per heavy atom. The molecule has 1 rings (SSSR count). The Bertz CT molecular complexity index is 143. The van der Waals surface area contributed by atoms with Crippen LogP contribution in [-0.2, 0) is 9.47 Å². The van der Waals surface area contributed by atoms with Crippen LogP contribution in [0.1, 0.15) is 12.8 Å². The number of hydrogen-bond acceptors (Lipinski definition) is 4. The van der Waals surface area contributed by atoms with Crippen LogP contribution in [0.3, 0.4) is 0 Å². The number of β-amino-alcohol motifs (C(OH)–C–C–N with tert-alkyl or cyclic N) is 1. The number of hydrogen-bond donors (Lipinski definition) is 1. The first-order chi connectivity index (χ1) is 6.83. The molecule has 1 saturated heterocycles. The average molecular weight is 203 g/mol. The van der Waals surface area contributed by atoms with Crippen molar-refractivity contribution in [2.45, 2.75) is 18.9 Å². The molecule has 0 aromatic rings. The van der Waals surface area contributed by atoms with E-state index in [1.807, 2.05) is 0 Å². The SMILES string of the molecule is COCCCOCCN1CC[C@@H](O)C1. The van der Waals surface area contributed by atoms with Crippen molar-refractivity contribution in [2.24, 2.45) is 0 Å². The van der Waals surface area contributed by atoms with E-state index in [9.17, 15) is 5.11 Å². The minimum atomic E-state index is -0.122. The molecule has 0 amide bonds. The predicted molar refractivity (Wildman–Crippen MR) is 54.4 cm³/mol. The molecule has 14 heavy (non-hydrogen) atoms. The molecular weight excluding hydrogens is 182 g/mol. The third kappa shape index (κ3) is 4.91. The van der Waals surface area contributed by atoms with Crippen molar-refractivity contribution in [3.05, 3.63) is 0 Å². The van der Waals surface area contributed by atoms with Crippen LogP contribution in [0.5, 0.6) is 0 Å². The summed E-state index contributed by atoms with van der Waals surface area (Å²) in [6.45, 7) is 5.04. The van der Waals surface area contributed by atoms with E-state index in [1.165, 1.54) is 0 Å². The summed E-state index contributed by atoms with van der Waals surface area (Å²) in [5.41, 5.74) is 0. The molecule has 1 fully saturated rings. The van der Waals surface area contributed by atoms with Gasteiger partial charge in [0.05, 0.1) is 12.7 Å². The van der Waals surface area contributed by atoms with Crippen molar-refractivity contribution in [1.82, 2.24) is 4.90 Å². The Kier molecular flexibility index (Phi) is 6.10. The second-order valence-corrected chi connectivity index (χ2v) is 3.70. The van der Waals surface area contributed by atoms with Crippen LogP contribution in [0.15, 0.2) is 0 Å². The fraction of sp³-hybridized carbons (Fsp3) is 1.00. The van der Waals surface area contributed by atoms with Gasteiger partial charge < -0.3 is 14.6 Å². The lowest BCUT2D eigenvalue weighted by atomic mass is 10.3. The largest absolute Gasteiger partial charge is 0.392 e. The summed E-state index contributed by atoms with van der Waals surface area (Å²) >= 11 is 0. The zero-order chi connectivity index (χ0) is 10.2. The van der Waals surface area contributed by atoms with Gasteiger partial charge in [0.1, 0.15) is 0 Å². The summed E-state index contributed by atoms with van der Waals surface area (Å²) in [6.07, 6.45) is 1.74. The first-order valence-corrected chi connectivity index (χ1v) is 5.30. The number of rotatable bonds is 7. The zero-order valence-corrected chi connectivity index (χ0v) is 8.95. The van der Waals surface area contributed by atoms with Gasteiger partial charge in [0.25, 0.3) is 0 Å². The summed E-state index contributed by atoms with van der Waals surface area (Å²) in [7, 11) is 1.70. The highest BCUT2D eigenvalue weighted by molar-refractivity contribution is 4.73. The molecule has 1 atom stereocenters. The monoisotopic (exact) mass is 203 g/mol. The third-order valence-corrected chi connectivity index (χ3v) is 2.44. The van der Waals surface area contributed by atoms with Gasteiger partial charge in [-0.2, -0.15) is 0 Å². The van der Waals surface area contributed by atoms with Crippen LogP contribution in [-0.4, -0.2) is 62.7 Å². The second kappa shape index (κ2) is 7.17. The van der Waals surface area contributed by atoms with Crippen molar-refractivity contribution < 1.29 is 14.6 Å². The number of likely N-dealkylation sites (tertiary alicyclic amines) is 1. The van der Waals surface area contributed by atoms with E-state index in [2.05, 4.69) is 4.90 Å². The predicted octanol–water partition coefficient (Wildman–Crippen LogP) is 0.106. The minimum absolute atomic E-state index is 0.122. The van der Waals surface area contributed by atoms with E-state index in [1.54, 1.807) is 7.11 Å². The van der Waals surface area contributed by atoms with Crippen molar-refractivity contribution >= 4 is 0 Å². The van der Waals surface area contributed by atoms with Crippen molar-refractivity contribution in [3.63, 3.8) is 0 Å². The zero-order valence-electron chi connectivity index (χ0n) is 8.95. The van der Waals surface area contributed by atoms with E-state index in [0.29, 0.717) is 0 Å². The molecule has 1 heterocycles. The molecule has 1 aliphatic heterocycles. The van der Waals surface area contributed by atoms with Gasteiger partial charge in [-0.05, 0) is 12.8 Å². The molecule has 0 saturated carbocycles. The van der Waals surface area contributed by atoms with Gasteiger partial charge in [0.15, 0.2) is 0 Å². The summed E-state index contributed by atoms with van der Waals surface area (Å²) in [5.74, 6) is 0. The fourth-order valence-electron chi connectivity index (χ4n) is 1.62. The molecular formula is C10H21NO3. The van der Waals surface area contributed by atoms with Crippen molar-refractivity contribution in [1.29, 1.82) is 0 Å². The lowest BCUT2D eigenvalue weighted by Gasteiger charge is -2.14. The molecule has 84 valence electrons. The topological polar surface area (TPSA) is 41.9 Å². The Morgan fingerprint density at radius 1 is 1.36 bits per heavy atom. The molecule has 0 aromatic carbocycles. The first kappa shape index (κ1) is 11.9. The molecule has 1 aliphatic rings. The highest BCUT2D eigenvalue weighted by atomic mass is 16.5. The fourth-order valence-corrected chi connectivity index (χ4v) is 1.62. The third-order valence-electron chi connectivity index (χ3n) is 2.44. The van der Waals surface area contributed by atoms with Crippen molar-refractivity contribution in [2.75, 3.05) is 46.6 Å². The Labute approximate surface area is 85.8 Å². The lowest BCUT2D eigenvalue weighted by Crippen LogP contribution is -2.26. The van der Waals surface area contributed by atoms with E-state index in [0.717, 1.165) is 52.3 Å². The molecule has 0 aliphatic carbocycles. The summed E-state index contributed by atoms with van der Waals surface area (Å²) in [5, 5.41) is 9.27. The quantitative estimate of drug-likeness (QED) is 0.596. The van der Waals surface area contributed by atoms with Gasteiger partial charge in [-0.3, -0.25) is 4.90 Å². The van der Waals surface area contributed by atoms with E-state index in [-0.39, 0.29) is 6.10 Å². The van der Waals surface area contributed by atoms with Gasteiger partial charge in [-0.1, -0.05) is 0 Å². The number of aliphatic hydroxyl groups excluding tert-OH is 1. The molecule has 0 bridgehead atoms. The van der Waals surface area contributed by atoms with Gasteiger partial charge in [0, 0.05) is 40.0 Å². The molecule has 1 N–H and O–H groups in total. The summed E-state index contributed by atoms with van der Waals surface area (Å²) in [4.78, 5) is 2.24. The van der Waals surface area contributed by atoms with Gasteiger partial charge in [-0.15, -0.1) is 0 Å². The second-order valence-electron chi connectivity index (χ2n) is 3.70. The van der Waals surface area contributed by atoms with Gasteiger partial charge in [-0.25, -0.2) is 0 Å². The molecule has 0 radical (unpaired) electrons. The average Bonchev–Trinajstić information content (AvgIpc) is 2.58. The Balaban J connectivity index is 1.84. The number of ether oxygens (including phenoxy) is 2. The molecule has 0 unspecified atom stereocenters. The van der Waals surface area contributed by atoms with E-state index in [4.69, 9.17) is 9.47 Å². The van der Waals surface area contributed by atoms with Crippen LogP contribution in [0.25, 0.3) is 0 Å². The van der Waals surface area contributed by atoms with E-state index >= 15 is 0 Å². The molecule has 4 heteroatoms. The minimum Gasteiger partial charge on any atom is -0.392 e. The first-order valence-electron chi connectivity index (χ1n) is 5.30. The maximum Gasteiger partial charge on any atom is 0.0679 e. The van der Waals surface area contributed by atoms with Crippen LogP contribution in [0, 0.1) is 0 Å². The number of nitrogens with zero attached hydrogens (tertiary/aromatic N) is 1. The highest BCUT2D eigenvalue weighted by Crippen LogP contribution is 2.07. The van der Waals surface area contributed by atoms with Crippen LogP contribution >= 0.6 is 0 Å². The van der Waals surface area contributed by atoms with Crippen LogP contribution in [0.2, 0.25) is 0 Å². The van der Waals surface area contributed by atoms with Gasteiger partial charge in [0.2, 0.25) is 0 Å². The lowest BCUT2D eigenvalue weighted by molar-refractivity contribution is 0.0850. The Hall–Kier alpha value is -0.160. The van der Waals surface area contributed by atoms with Gasteiger partial charge >= 0.3 is 0 Å². The summed E-state index contributed by atoms with van der Waals surface area (Å²) in [6, 6.07) is 0. The maximum absolute atomic E-state index is 9.27. The van der Waals surface area contributed by atoms with E-state index < -0.39 is 0 Å². The normalized spacial score (nSPS) is 23.1. The standard InChI is InChI=1S/C10H21NO3/c1-13-6-2-7-14-8-5-11-4-3-10(12)9-11/h10,12H,2-9H2,1H3/t10-/m1/s1. The highest BCUT2D eigenvalue weighted by Gasteiger charge is 2.18. The maximum atomic E-state index is 9.27. The summed E-state index contributed by atoms with van der Waals surface area (Å²) < 4.78 is 10.3. The molecule has 0 spiro atoms. The smallest absolute Gasteiger partial charge is 0.0679 e.